The van der Waals surface area contributed by atoms with Crippen LogP contribution in [0.3, 0.4) is 0 Å². The van der Waals surface area contributed by atoms with Gasteiger partial charge in [0.1, 0.15) is 0 Å². The summed E-state index contributed by atoms with van der Waals surface area (Å²) in [5, 5.41) is 17.8. The summed E-state index contributed by atoms with van der Waals surface area (Å²) in [5.41, 5.74) is -3.68. The summed E-state index contributed by atoms with van der Waals surface area (Å²) in [7, 11) is -6.61. The molecule has 0 radical (unpaired) electrons. The van der Waals surface area contributed by atoms with Crippen molar-refractivity contribution in [3.8, 4) is 0 Å². The molecule has 2 unspecified atom stereocenters. The Morgan fingerprint density at radius 3 is 1.28 bits per heavy atom. The molecule has 0 aliphatic heterocycles. The molecule has 12 heteroatoms. The lowest BCUT2D eigenvalue weighted by atomic mass is 10.5. The molecule has 0 aliphatic carbocycles. The minimum atomic E-state index is -4.45. The van der Waals surface area contributed by atoms with Gasteiger partial charge >= 0.3 is 0 Å². The second kappa shape index (κ2) is 7.89. The van der Waals surface area contributed by atoms with Crippen molar-refractivity contribution in [2.24, 2.45) is 0 Å². The lowest BCUT2D eigenvalue weighted by Crippen LogP contribution is -2.20. The second-order valence-electron chi connectivity index (χ2n) is 3.16. The van der Waals surface area contributed by atoms with E-state index in [0.29, 0.717) is 0 Å². The summed E-state index contributed by atoms with van der Waals surface area (Å²) in [6.07, 6.45) is -0.339. The maximum absolute atomic E-state index is 10.4. The second-order valence-corrected chi connectivity index (χ2v) is 9.01. The van der Waals surface area contributed by atoms with Crippen molar-refractivity contribution in [3.63, 3.8) is 0 Å². The van der Waals surface area contributed by atoms with Crippen molar-refractivity contribution in [2.45, 2.75) is 23.7 Å². The number of aliphatic hydroxyl groups is 2. The highest BCUT2D eigenvalue weighted by Crippen LogP contribution is 2.24. The zero-order chi connectivity index (χ0) is 14.4. The molecule has 0 saturated carbocycles. The molecule has 0 aromatic carbocycles. The molecule has 4 N–H and O–H groups in total. The first kappa shape index (κ1) is 18.4. The largest absolute Gasteiger partial charge is 0.375 e. The summed E-state index contributed by atoms with van der Waals surface area (Å²) >= 11 is 0. The van der Waals surface area contributed by atoms with Crippen LogP contribution in [0.15, 0.2) is 0 Å². The van der Waals surface area contributed by atoms with Crippen molar-refractivity contribution in [1.29, 1.82) is 0 Å². The van der Waals surface area contributed by atoms with Gasteiger partial charge in [0.05, 0.1) is 0 Å². The van der Waals surface area contributed by atoms with Crippen molar-refractivity contribution < 1.29 is 36.2 Å². The van der Waals surface area contributed by atoms with Crippen LogP contribution in [0.25, 0.3) is 0 Å². The minimum absolute atomic E-state index is 0.169. The molecule has 110 valence electrons. The number of hydrogen-bond acceptors (Lipinski definition) is 8. The first-order valence-corrected chi connectivity index (χ1v) is 10.1. The maximum atomic E-state index is 10.4. The Hall–Kier alpha value is 0.440. The molecule has 0 aliphatic rings. The zero-order valence-corrected chi connectivity index (χ0v) is 12.3. The molecule has 2 atom stereocenters. The van der Waals surface area contributed by atoms with E-state index in [2.05, 4.69) is 0 Å². The molecule has 0 saturated heterocycles. The smallest absolute Gasteiger partial charge is 0.292 e. The summed E-state index contributed by atoms with van der Waals surface area (Å²) in [5.74, 6) is 0.432. The molecule has 8 nitrogen and oxygen atoms in total. The van der Waals surface area contributed by atoms with E-state index >= 15 is 0 Å². The van der Waals surface area contributed by atoms with Crippen molar-refractivity contribution >= 4 is 41.8 Å². The minimum Gasteiger partial charge on any atom is -0.375 e. The molecule has 0 fully saturated rings. The first-order chi connectivity index (χ1) is 8.05. The quantitative estimate of drug-likeness (QED) is 0.247. The van der Waals surface area contributed by atoms with Crippen LogP contribution in [0, 0.1) is 0 Å². The van der Waals surface area contributed by atoms with E-state index in [1.807, 2.05) is 0 Å². The van der Waals surface area contributed by atoms with Gasteiger partial charge in [-0.15, -0.1) is 0 Å². The van der Waals surface area contributed by atoms with Crippen LogP contribution in [-0.4, -0.2) is 58.5 Å². The Morgan fingerprint density at radius 2 is 1.06 bits per heavy atom. The van der Waals surface area contributed by atoms with Gasteiger partial charge in [0.15, 0.2) is 10.9 Å². The SMILES string of the molecule is O=S(=O)(O)C(O)CCSSCCC(O)S(=O)(=O)O. The van der Waals surface area contributed by atoms with Gasteiger partial charge in [0.25, 0.3) is 20.2 Å². The fraction of sp³-hybridized carbons (Fsp3) is 1.00. The van der Waals surface area contributed by atoms with Crippen LogP contribution in [0.5, 0.6) is 0 Å². The lowest BCUT2D eigenvalue weighted by molar-refractivity contribution is 0.230. The molecule has 0 rings (SSSR count). The summed E-state index contributed by atoms with van der Waals surface area (Å²) in [6.45, 7) is 0. The molecule has 0 aromatic rings. The van der Waals surface area contributed by atoms with Gasteiger partial charge in [-0.2, -0.15) is 16.8 Å². The van der Waals surface area contributed by atoms with Gasteiger partial charge < -0.3 is 10.2 Å². The van der Waals surface area contributed by atoms with Crippen LogP contribution in [-0.2, 0) is 20.2 Å². The van der Waals surface area contributed by atoms with E-state index in [1.54, 1.807) is 0 Å². The molecule has 0 amide bonds. The summed E-state index contributed by atoms with van der Waals surface area (Å²) in [6, 6.07) is 0. The van der Waals surface area contributed by atoms with E-state index in [9.17, 15) is 16.8 Å². The van der Waals surface area contributed by atoms with Crippen LogP contribution in [0.1, 0.15) is 12.8 Å². The lowest BCUT2D eigenvalue weighted by Gasteiger charge is -2.07. The van der Waals surface area contributed by atoms with E-state index in [0.717, 1.165) is 21.6 Å². The molecule has 0 heterocycles. The van der Waals surface area contributed by atoms with Gasteiger partial charge in [-0.25, -0.2) is 0 Å². The first-order valence-electron chi connectivity index (χ1n) is 4.58. The average Bonchev–Trinajstić information content (AvgIpc) is 2.19. The van der Waals surface area contributed by atoms with Gasteiger partial charge in [-0.05, 0) is 12.8 Å². The average molecular weight is 342 g/mol. The topological polar surface area (TPSA) is 149 Å². The molecule has 0 spiro atoms. The number of rotatable bonds is 9. The van der Waals surface area contributed by atoms with Crippen LogP contribution >= 0.6 is 21.6 Å². The maximum Gasteiger partial charge on any atom is 0.292 e. The van der Waals surface area contributed by atoms with Gasteiger partial charge in [-0.3, -0.25) is 9.11 Å². The Balaban J connectivity index is 3.65. The van der Waals surface area contributed by atoms with Crippen LogP contribution in [0.4, 0.5) is 0 Å². The van der Waals surface area contributed by atoms with Crippen molar-refractivity contribution in [2.75, 3.05) is 11.5 Å². The molecule has 18 heavy (non-hydrogen) atoms. The molecular formula is C6H14O8S4. The van der Waals surface area contributed by atoms with Crippen LogP contribution < -0.4 is 0 Å². The third-order valence-corrected chi connectivity index (χ3v) is 5.99. The Morgan fingerprint density at radius 1 is 0.778 bits per heavy atom. The van der Waals surface area contributed by atoms with Gasteiger partial charge in [0, 0.05) is 11.5 Å². The monoisotopic (exact) mass is 342 g/mol. The Kier molecular flexibility index (Phi) is 8.08. The highest BCUT2D eigenvalue weighted by Gasteiger charge is 2.20. The summed E-state index contributed by atoms with van der Waals surface area (Å²) < 4.78 is 58.5. The van der Waals surface area contributed by atoms with E-state index in [4.69, 9.17) is 19.3 Å². The summed E-state index contributed by atoms with van der Waals surface area (Å²) in [4.78, 5) is 0. The number of aliphatic hydroxyl groups excluding tert-OH is 2. The van der Waals surface area contributed by atoms with Crippen molar-refractivity contribution in [3.05, 3.63) is 0 Å². The number of hydrogen-bond donors (Lipinski definition) is 4. The predicted octanol–water partition coefficient (Wildman–Crippen LogP) is -0.440. The van der Waals surface area contributed by atoms with E-state index in [-0.39, 0.29) is 24.3 Å². The van der Waals surface area contributed by atoms with Crippen LogP contribution in [0.2, 0.25) is 0 Å². The van der Waals surface area contributed by atoms with E-state index in [1.165, 1.54) is 0 Å². The van der Waals surface area contributed by atoms with Crippen molar-refractivity contribution in [1.82, 2.24) is 0 Å². The fourth-order valence-electron chi connectivity index (χ4n) is 0.714. The van der Waals surface area contributed by atoms with Gasteiger partial charge in [0.2, 0.25) is 0 Å². The normalized spacial score (nSPS) is 16.4. The third kappa shape index (κ3) is 8.53. The van der Waals surface area contributed by atoms with E-state index < -0.39 is 31.1 Å². The third-order valence-electron chi connectivity index (χ3n) is 1.67. The fourth-order valence-corrected chi connectivity index (χ4v) is 4.00. The molecule has 0 aromatic heterocycles. The zero-order valence-electron chi connectivity index (χ0n) is 9.04. The van der Waals surface area contributed by atoms with Gasteiger partial charge in [-0.1, -0.05) is 21.6 Å². The Bertz CT molecular complexity index is 387. The molecular weight excluding hydrogens is 328 g/mol. The molecule has 0 bridgehead atoms. The highest BCUT2D eigenvalue weighted by atomic mass is 33.1. The highest BCUT2D eigenvalue weighted by molar-refractivity contribution is 8.76. The Labute approximate surface area is 113 Å². The predicted molar refractivity (Wildman–Crippen MR) is 69.3 cm³/mol. The standard InChI is InChI=1S/C6H14O8S4/c7-5(17(9,10)11)1-3-15-16-4-2-6(8)18(12,13)14/h5-8H,1-4H2,(H,9,10,11)(H,12,13,14).